The van der Waals surface area contributed by atoms with Gasteiger partial charge in [-0.05, 0) is 46.3 Å². The number of Topliss-reactive ketones (excluding diaryl/α,β-unsaturated/α-hetero) is 1. The van der Waals surface area contributed by atoms with Crippen LogP contribution in [0.2, 0.25) is 15.1 Å². The molecule has 0 amide bonds. The van der Waals surface area contributed by atoms with Gasteiger partial charge in [0.2, 0.25) is 0 Å². The van der Waals surface area contributed by atoms with Crippen LogP contribution in [0.4, 0.5) is 0 Å². The van der Waals surface area contributed by atoms with E-state index in [1.807, 2.05) is 6.07 Å². The SMILES string of the molecule is N#CC(C(=O)c1ccc(Cl)cc1Br)c1c(Cl)cccc1Cl. The van der Waals surface area contributed by atoms with E-state index < -0.39 is 11.7 Å². The number of hydrogen-bond acceptors (Lipinski definition) is 2. The summed E-state index contributed by atoms with van der Waals surface area (Å²) in [6, 6.07) is 11.6. The third kappa shape index (κ3) is 3.41. The summed E-state index contributed by atoms with van der Waals surface area (Å²) in [5, 5.41) is 10.4. The quantitative estimate of drug-likeness (QED) is 0.599. The number of nitrogens with zero attached hydrogens (tertiary/aromatic N) is 1. The molecule has 0 N–H and O–H groups in total. The number of halogens is 4. The molecule has 2 aromatic rings. The summed E-state index contributed by atoms with van der Waals surface area (Å²) < 4.78 is 0.517. The lowest BCUT2D eigenvalue weighted by molar-refractivity contribution is 0.0978. The Morgan fingerprint density at radius 2 is 1.76 bits per heavy atom. The second kappa shape index (κ2) is 6.81. The average Bonchev–Trinajstić information content (AvgIpc) is 2.42. The standard InChI is InChI=1S/C15H7BrCl3NO/c16-11-6-8(17)4-5-9(11)15(21)10(7-20)14-12(18)2-1-3-13(14)19/h1-6,10H. The third-order valence-corrected chi connectivity index (χ3v) is 4.43. The van der Waals surface area contributed by atoms with E-state index in [1.54, 1.807) is 36.4 Å². The Morgan fingerprint density at radius 1 is 1.14 bits per heavy atom. The lowest BCUT2D eigenvalue weighted by Crippen LogP contribution is -2.13. The van der Waals surface area contributed by atoms with Crippen molar-refractivity contribution >= 4 is 56.5 Å². The number of carbonyl (C=O) groups is 1. The van der Waals surface area contributed by atoms with Crippen LogP contribution in [0, 0.1) is 11.3 Å². The Kier molecular flexibility index (Phi) is 5.29. The summed E-state index contributed by atoms with van der Waals surface area (Å²) >= 11 is 21.3. The van der Waals surface area contributed by atoms with Crippen molar-refractivity contribution in [3.63, 3.8) is 0 Å². The van der Waals surface area contributed by atoms with E-state index in [-0.39, 0.29) is 10.0 Å². The number of rotatable bonds is 3. The lowest BCUT2D eigenvalue weighted by atomic mass is 9.92. The maximum absolute atomic E-state index is 12.6. The Hall–Kier alpha value is -1.05. The maximum atomic E-state index is 12.6. The molecule has 0 aliphatic rings. The molecule has 0 aliphatic carbocycles. The summed E-state index contributed by atoms with van der Waals surface area (Å²) in [5.74, 6) is -1.47. The fraction of sp³-hybridized carbons (Fsp3) is 0.0667. The number of benzene rings is 2. The van der Waals surface area contributed by atoms with Crippen LogP contribution in [-0.2, 0) is 0 Å². The summed E-state index contributed by atoms with van der Waals surface area (Å²) in [5.41, 5.74) is 0.664. The molecule has 2 nitrogen and oxygen atoms in total. The van der Waals surface area contributed by atoms with Crippen molar-refractivity contribution in [1.82, 2.24) is 0 Å². The van der Waals surface area contributed by atoms with Crippen LogP contribution in [0.3, 0.4) is 0 Å². The zero-order chi connectivity index (χ0) is 15.6. The molecule has 1 atom stereocenters. The highest BCUT2D eigenvalue weighted by atomic mass is 79.9. The van der Waals surface area contributed by atoms with Gasteiger partial charge in [0.15, 0.2) is 5.78 Å². The summed E-state index contributed by atoms with van der Waals surface area (Å²) in [6.07, 6.45) is 0. The van der Waals surface area contributed by atoms with E-state index in [9.17, 15) is 10.1 Å². The number of hydrogen-bond donors (Lipinski definition) is 0. The van der Waals surface area contributed by atoms with Gasteiger partial charge in [-0.1, -0.05) is 40.9 Å². The smallest absolute Gasteiger partial charge is 0.185 e. The van der Waals surface area contributed by atoms with Gasteiger partial charge in [-0.15, -0.1) is 0 Å². The second-order valence-electron chi connectivity index (χ2n) is 4.19. The fourth-order valence-electron chi connectivity index (χ4n) is 1.89. The molecule has 21 heavy (non-hydrogen) atoms. The van der Waals surface area contributed by atoms with Crippen molar-refractivity contribution in [3.8, 4) is 6.07 Å². The number of ketones is 1. The van der Waals surface area contributed by atoms with Gasteiger partial charge in [0.25, 0.3) is 0 Å². The molecule has 0 bridgehead atoms. The summed E-state index contributed by atoms with van der Waals surface area (Å²) in [6.45, 7) is 0. The lowest BCUT2D eigenvalue weighted by Gasteiger charge is -2.13. The highest BCUT2D eigenvalue weighted by Gasteiger charge is 2.27. The van der Waals surface area contributed by atoms with Gasteiger partial charge >= 0.3 is 0 Å². The zero-order valence-corrected chi connectivity index (χ0v) is 14.3. The molecule has 2 aromatic carbocycles. The molecule has 0 radical (unpaired) electrons. The van der Waals surface area contributed by atoms with E-state index in [4.69, 9.17) is 34.8 Å². The topological polar surface area (TPSA) is 40.9 Å². The van der Waals surface area contributed by atoms with E-state index >= 15 is 0 Å². The van der Waals surface area contributed by atoms with E-state index in [1.165, 1.54) is 0 Å². The fourth-order valence-corrected chi connectivity index (χ4v) is 3.38. The van der Waals surface area contributed by atoms with Gasteiger partial charge in [-0.25, -0.2) is 0 Å². The Bertz CT molecular complexity index is 735. The highest BCUT2D eigenvalue weighted by Crippen LogP contribution is 2.35. The van der Waals surface area contributed by atoms with Crippen LogP contribution in [0.5, 0.6) is 0 Å². The van der Waals surface area contributed by atoms with Crippen molar-refractivity contribution in [2.24, 2.45) is 0 Å². The first-order valence-corrected chi connectivity index (χ1v) is 7.71. The minimum atomic E-state index is -1.08. The molecule has 0 saturated carbocycles. The first kappa shape index (κ1) is 16.3. The monoisotopic (exact) mass is 401 g/mol. The van der Waals surface area contributed by atoms with Crippen LogP contribution in [0.25, 0.3) is 0 Å². The molecule has 2 rings (SSSR count). The van der Waals surface area contributed by atoms with Crippen LogP contribution in [0.15, 0.2) is 40.9 Å². The van der Waals surface area contributed by atoms with Crippen molar-refractivity contribution in [3.05, 3.63) is 67.1 Å². The Labute approximate surface area is 145 Å². The molecular formula is C15H7BrCl3NO. The predicted octanol–water partition coefficient (Wildman–Crippen LogP) is 5.90. The number of nitriles is 1. The third-order valence-electron chi connectivity index (χ3n) is 2.88. The van der Waals surface area contributed by atoms with Gasteiger partial charge < -0.3 is 0 Å². The van der Waals surface area contributed by atoms with Crippen LogP contribution >= 0.6 is 50.7 Å². The zero-order valence-electron chi connectivity index (χ0n) is 10.4. The molecule has 1 unspecified atom stereocenters. The molecule has 0 fully saturated rings. The first-order chi connectivity index (χ1) is 9.95. The second-order valence-corrected chi connectivity index (χ2v) is 6.29. The first-order valence-electron chi connectivity index (χ1n) is 5.78. The van der Waals surface area contributed by atoms with E-state index in [0.29, 0.717) is 20.6 Å². The molecule has 0 heterocycles. The van der Waals surface area contributed by atoms with Gasteiger partial charge in [-0.3, -0.25) is 4.79 Å². The summed E-state index contributed by atoms with van der Waals surface area (Å²) in [4.78, 5) is 12.6. The van der Waals surface area contributed by atoms with Gasteiger partial charge in [-0.2, -0.15) is 5.26 Å². The molecule has 0 saturated heterocycles. The van der Waals surface area contributed by atoms with Crippen molar-refractivity contribution in [2.45, 2.75) is 5.92 Å². The normalized spacial score (nSPS) is 11.8. The molecule has 0 aromatic heterocycles. The Morgan fingerprint density at radius 3 is 2.29 bits per heavy atom. The molecule has 0 spiro atoms. The van der Waals surface area contributed by atoms with E-state index in [0.717, 1.165) is 0 Å². The summed E-state index contributed by atoms with van der Waals surface area (Å²) in [7, 11) is 0. The van der Waals surface area contributed by atoms with Gasteiger partial charge in [0.05, 0.1) is 6.07 Å². The highest BCUT2D eigenvalue weighted by molar-refractivity contribution is 9.10. The Balaban J connectivity index is 2.52. The predicted molar refractivity (Wildman–Crippen MR) is 88.3 cm³/mol. The maximum Gasteiger partial charge on any atom is 0.185 e. The minimum absolute atomic E-state index is 0.285. The number of carbonyl (C=O) groups excluding carboxylic acids is 1. The molecule has 106 valence electrons. The average molecular weight is 403 g/mol. The van der Waals surface area contributed by atoms with Crippen LogP contribution in [-0.4, -0.2) is 5.78 Å². The van der Waals surface area contributed by atoms with Crippen molar-refractivity contribution < 1.29 is 4.79 Å². The van der Waals surface area contributed by atoms with Gasteiger partial charge in [0, 0.05) is 30.7 Å². The molecular weight excluding hydrogens is 396 g/mol. The molecule has 6 heteroatoms. The van der Waals surface area contributed by atoms with Crippen molar-refractivity contribution in [2.75, 3.05) is 0 Å². The van der Waals surface area contributed by atoms with E-state index in [2.05, 4.69) is 15.9 Å². The van der Waals surface area contributed by atoms with Crippen molar-refractivity contribution in [1.29, 1.82) is 5.26 Å². The van der Waals surface area contributed by atoms with Crippen LogP contribution in [0.1, 0.15) is 21.8 Å². The van der Waals surface area contributed by atoms with Gasteiger partial charge in [0.1, 0.15) is 5.92 Å². The molecule has 0 aliphatic heterocycles. The van der Waals surface area contributed by atoms with Crippen LogP contribution < -0.4 is 0 Å². The largest absolute Gasteiger partial charge is 0.292 e. The minimum Gasteiger partial charge on any atom is -0.292 e.